The van der Waals surface area contributed by atoms with Gasteiger partial charge in [-0.15, -0.1) is 0 Å². The van der Waals surface area contributed by atoms with Crippen LogP contribution in [0.25, 0.3) is 0 Å². The van der Waals surface area contributed by atoms with E-state index in [1.807, 2.05) is 18.2 Å². The number of pyridine rings is 1. The minimum Gasteiger partial charge on any atom is -0.489 e. The van der Waals surface area contributed by atoms with Crippen LogP contribution in [0.15, 0.2) is 73.1 Å². The number of rotatable bonds is 6. The Morgan fingerprint density at radius 1 is 1.12 bits per heavy atom. The number of carbonyl (C=O) groups excluding carboxylic acids is 1. The molecule has 6 heteroatoms. The third kappa shape index (κ3) is 4.58. The van der Waals surface area contributed by atoms with Crippen molar-refractivity contribution in [2.75, 3.05) is 5.43 Å². The Morgan fingerprint density at radius 3 is 2.69 bits per heavy atom. The highest BCUT2D eigenvalue weighted by atomic mass is 16.5. The standard InChI is InChI=1S/C20H16N4O2/c21-12-15-3-1-5-18(11-15)23-24-20(25)17-6-8-19(9-7-17)26-14-16-4-2-10-22-13-16/h1-11,13,23H,14H2,(H,24,25). The zero-order chi connectivity index (χ0) is 18.2. The zero-order valence-corrected chi connectivity index (χ0v) is 13.8. The van der Waals surface area contributed by atoms with Gasteiger partial charge in [0.15, 0.2) is 0 Å². The van der Waals surface area contributed by atoms with Gasteiger partial charge in [-0.1, -0.05) is 12.1 Å². The highest BCUT2D eigenvalue weighted by molar-refractivity contribution is 5.95. The minimum absolute atomic E-state index is 0.286. The maximum absolute atomic E-state index is 12.2. The lowest BCUT2D eigenvalue weighted by atomic mass is 10.2. The molecule has 0 aliphatic carbocycles. The Labute approximate surface area is 151 Å². The SMILES string of the molecule is N#Cc1cccc(NNC(=O)c2ccc(OCc3cccnc3)cc2)c1. The topological polar surface area (TPSA) is 87.0 Å². The van der Waals surface area contributed by atoms with Gasteiger partial charge in [0.2, 0.25) is 0 Å². The highest BCUT2D eigenvalue weighted by Gasteiger charge is 2.06. The second-order valence-electron chi connectivity index (χ2n) is 5.45. The van der Waals surface area contributed by atoms with Crippen LogP contribution in [0.3, 0.4) is 0 Å². The summed E-state index contributed by atoms with van der Waals surface area (Å²) in [7, 11) is 0. The normalized spacial score (nSPS) is 9.81. The first-order valence-electron chi connectivity index (χ1n) is 7.93. The van der Waals surface area contributed by atoms with E-state index in [1.54, 1.807) is 60.9 Å². The lowest BCUT2D eigenvalue weighted by molar-refractivity contribution is 0.0962. The summed E-state index contributed by atoms with van der Waals surface area (Å²) in [5, 5.41) is 8.88. The molecule has 1 aromatic heterocycles. The summed E-state index contributed by atoms with van der Waals surface area (Å²) in [5.74, 6) is 0.381. The minimum atomic E-state index is -0.286. The number of anilines is 1. The molecule has 26 heavy (non-hydrogen) atoms. The largest absolute Gasteiger partial charge is 0.489 e. The maximum atomic E-state index is 12.2. The van der Waals surface area contributed by atoms with Crippen molar-refractivity contribution < 1.29 is 9.53 Å². The number of ether oxygens (including phenoxy) is 1. The second-order valence-corrected chi connectivity index (χ2v) is 5.45. The van der Waals surface area contributed by atoms with E-state index in [1.165, 1.54) is 0 Å². The van der Waals surface area contributed by atoms with Gasteiger partial charge >= 0.3 is 0 Å². The van der Waals surface area contributed by atoms with E-state index in [-0.39, 0.29) is 5.91 Å². The van der Waals surface area contributed by atoms with Crippen LogP contribution in [-0.2, 0) is 6.61 Å². The number of hydrogen-bond acceptors (Lipinski definition) is 5. The molecule has 3 aromatic rings. The number of nitrogens with zero attached hydrogens (tertiary/aromatic N) is 2. The fourth-order valence-electron chi connectivity index (χ4n) is 2.22. The molecule has 0 saturated heterocycles. The van der Waals surface area contributed by atoms with Crippen LogP contribution in [0.5, 0.6) is 5.75 Å². The molecule has 0 unspecified atom stereocenters. The summed E-state index contributed by atoms with van der Waals surface area (Å²) in [6.45, 7) is 0.413. The average Bonchev–Trinajstić information content (AvgIpc) is 2.72. The summed E-state index contributed by atoms with van der Waals surface area (Å²) in [6.07, 6.45) is 3.45. The Morgan fingerprint density at radius 2 is 1.96 bits per heavy atom. The Kier molecular flexibility index (Phi) is 5.43. The van der Waals surface area contributed by atoms with Gasteiger partial charge in [0.25, 0.3) is 5.91 Å². The van der Waals surface area contributed by atoms with E-state index in [9.17, 15) is 4.79 Å². The van der Waals surface area contributed by atoms with Gasteiger partial charge in [-0.2, -0.15) is 5.26 Å². The quantitative estimate of drug-likeness (QED) is 0.670. The molecule has 2 aromatic carbocycles. The van der Waals surface area contributed by atoms with E-state index < -0.39 is 0 Å². The van der Waals surface area contributed by atoms with Crippen molar-refractivity contribution in [1.29, 1.82) is 5.26 Å². The summed E-state index contributed by atoms with van der Waals surface area (Å²) in [5.41, 5.74) is 7.99. The molecule has 0 aliphatic rings. The van der Waals surface area contributed by atoms with Crippen molar-refractivity contribution in [1.82, 2.24) is 10.4 Å². The van der Waals surface area contributed by atoms with Crippen molar-refractivity contribution in [3.05, 3.63) is 89.7 Å². The number of hydrogen-bond donors (Lipinski definition) is 2. The van der Waals surface area contributed by atoms with Crippen molar-refractivity contribution in [3.8, 4) is 11.8 Å². The predicted octanol–water partition coefficient (Wildman–Crippen LogP) is 3.29. The van der Waals surface area contributed by atoms with Crippen molar-refractivity contribution in [3.63, 3.8) is 0 Å². The smallest absolute Gasteiger partial charge is 0.269 e. The van der Waals surface area contributed by atoms with Crippen LogP contribution in [-0.4, -0.2) is 10.9 Å². The van der Waals surface area contributed by atoms with Crippen molar-refractivity contribution in [2.45, 2.75) is 6.61 Å². The molecule has 2 N–H and O–H groups in total. The van der Waals surface area contributed by atoms with E-state index in [4.69, 9.17) is 10.00 Å². The molecule has 0 fully saturated rings. The molecule has 128 valence electrons. The lowest BCUT2D eigenvalue weighted by Gasteiger charge is -2.10. The van der Waals surface area contributed by atoms with E-state index in [0.29, 0.717) is 29.2 Å². The molecule has 0 saturated carbocycles. The number of nitrogens with one attached hydrogen (secondary N) is 2. The van der Waals surface area contributed by atoms with Crippen LogP contribution in [0.1, 0.15) is 21.5 Å². The summed E-state index contributed by atoms with van der Waals surface area (Å²) >= 11 is 0. The van der Waals surface area contributed by atoms with Gasteiger partial charge in [-0.3, -0.25) is 20.6 Å². The molecule has 3 rings (SSSR count). The van der Waals surface area contributed by atoms with Gasteiger partial charge in [-0.25, -0.2) is 0 Å². The first kappa shape index (κ1) is 17.0. The van der Waals surface area contributed by atoms with Crippen molar-refractivity contribution in [2.24, 2.45) is 0 Å². The number of carbonyl (C=O) groups is 1. The predicted molar refractivity (Wildman–Crippen MR) is 97.3 cm³/mol. The number of hydrazine groups is 1. The molecule has 0 aliphatic heterocycles. The molecule has 1 heterocycles. The number of benzene rings is 2. The first-order valence-corrected chi connectivity index (χ1v) is 7.93. The molecule has 0 bridgehead atoms. The summed E-state index contributed by atoms with van der Waals surface area (Å²) < 4.78 is 5.66. The van der Waals surface area contributed by atoms with Crippen LogP contribution in [0.4, 0.5) is 5.69 Å². The van der Waals surface area contributed by atoms with Gasteiger partial charge < -0.3 is 4.74 Å². The summed E-state index contributed by atoms with van der Waals surface area (Å²) in [6, 6.07) is 19.5. The molecule has 0 spiro atoms. The number of amides is 1. The molecular formula is C20H16N4O2. The van der Waals surface area contributed by atoms with E-state index >= 15 is 0 Å². The third-order valence-corrected chi connectivity index (χ3v) is 3.56. The number of aromatic nitrogens is 1. The van der Waals surface area contributed by atoms with Gasteiger partial charge in [0.1, 0.15) is 12.4 Å². The monoisotopic (exact) mass is 344 g/mol. The van der Waals surface area contributed by atoms with Crippen LogP contribution >= 0.6 is 0 Å². The Hall–Kier alpha value is -3.85. The lowest BCUT2D eigenvalue weighted by Crippen LogP contribution is -2.29. The summed E-state index contributed by atoms with van der Waals surface area (Å²) in [4.78, 5) is 16.2. The molecule has 1 amide bonds. The fourth-order valence-corrected chi connectivity index (χ4v) is 2.22. The zero-order valence-electron chi connectivity index (χ0n) is 13.8. The third-order valence-electron chi connectivity index (χ3n) is 3.56. The maximum Gasteiger partial charge on any atom is 0.269 e. The van der Waals surface area contributed by atoms with Crippen LogP contribution < -0.4 is 15.6 Å². The van der Waals surface area contributed by atoms with Crippen LogP contribution in [0, 0.1) is 11.3 Å². The fraction of sp³-hybridized carbons (Fsp3) is 0.0500. The van der Waals surface area contributed by atoms with E-state index in [2.05, 4.69) is 15.8 Å². The van der Waals surface area contributed by atoms with Gasteiger partial charge in [0, 0.05) is 23.5 Å². The Balaban J connectivity index is 1.54. The van der Waals surface area contributed by atoms with E-state index in [0.717, 1.165) is 5.56 Å². The number of nitriles is 1. The highest BCUT2D eigenvalue weighted by Crippen LogP contribution is 2.14. The molecule has 0 atom stereocenters. The molecular weight excluding hydrogens is 328 g/mol. The average molecular weight is 344 g/mol. The van der Waals surface area contributed by atoms with Crippen molar-refractivity contribution >= 4 is 11.6 Å². The molecule has 6 nitrogen and oxygen atoms in total. The molecule has 0 radical (unpaired) electrons. The first-order chi connectivity index (χ1) is 12.7. The second kappa shape index (κ2) is 8.31. The van der Waals surface area contributed by atoms with Gasteiger partial charge in [-0.05, 0) is 48.5 Å². The Bertz CT molecular complexity index is 919. The van der Waals surface area contributed by atoms with Crippen LogP contribution in [0.2, 0.25) is 0 Å². The van der Waals surface area contributed by atoms with Gasteiger partial charge in [0.05, 0.1) is 17.3 Å².